The summed E-state index contributed by atoms with van der Waals surface area (Å²) in [5, 5.41) is 0. The summed E-state index contributed by atoms with van der Waals surface area (Å²) in [6.07, 6.45) is -0.110. The third-order valence-electron chi connectivity index (χ3n) is 3.65. The van der Waals surface area contributed by atoms with Gasteiger partial charge in [0, 0.05) is 53.5 Å². The van der Waals surface area contributed by atoms with E-state index in [1.807, 2.05) is 0 Å². The second-order valence-corrected chi connectivity index (χ2v) is 4.96. The van der Waals surface area contributed by atoms with Gasteiger partial charge in [-0.3, -0.25) is 9.80 Å². The van der Waals surface area contributed by atoms with Crippen molar-refractivity contribution in [1.29, 1.82) is 0 Å². The predicted molar refractivity (Wildman–Crippen MR) is 76.0 cm³/mol. The Balaban J connectivity index is 1.73. The highest BCUT2D eigenvalue weighted by Gasteiger charge is 2.19. The van der Waals surface area contributed by atoms with E-state index in [1.54, 1.807) is 14.2 Å². The lowest BCUT2D eigenvalue weighted by molar-refractivity contribution is -0.119. The van der Waals surface area contributed by atoms with Gasteiger partial charge in [0.15, 0.2) is 6.29 Å². The van der Waals surface area contributed by atoms with E-state index in [1.165, 1.54) is 5.56 Å². The first-order valence-corrected chi connectivity index (χ1v) is 6.86. The molecule has 1 aliphatic heterocycles. The maximum Gasteiger partial charge on any atom is 0.169 e. The monoisotopic (exact) mass is 264 g/mol. The molecule has 1 aliphatic rings. The van der Waals surface area contributed by atoms with E-state index in [4.69, 9.17) is 9.47 Å². The number of rotatable bonds is 6. The molecule has 4 heteroatoms. The minimum Gasteiger partial charge on any atom is -0.355 e. The molecular formula is C15H24N2O2. The average molecular weight is 264 g/mol. The van der Waals surface area contributed by atoms with Gasteiger partial charge in [0.25, 0.3) is 0 Å². The Labute approximate surface area is 115 Å². The van der Waals surface area contributed by atoms with Gasteiger partial charge in [-0.15, -0.1) is 0 Å². The highest BCUT2D eigenvalue weighted by molar-refractivity contribution is 5.14. The number of piperazine rings is 1. The van der Waals surface area contributed by atoms with Gasteiger partial charge in [0.05, 0.1) is 0 Å². The molecule has 106 valence electrons. The van der Waals surface area contributed by atoms with Gasteiger partial charge in [-0.2, -0.15) is 0 Å². The Morgan fingerprint density at radius 1 is 0.947 bits per heavy atom. The fourth-order valence-corrected chi connectivity index (χ4v) is 2.43. The standard InChI is InChI=1S/C15H24N2O2/c1-18-15(19-2)13-17-10-8-16(9-11-17)12-14-6-4-3-5-7-14/h3-7,15H,8-13H2,1-2H3. The number of hydrogen-bond donors (Lipinski definition) is 0. The molecule has 19 heavy (non-hydrogen) atoms. The van der Waals surface area contributed by atoms with Crippen LogP contribution in [0.3, 0.4) is 0 Å². The zero-order valence-electron chi connectivity index (χ0n) is 11.9. The fourth-order valence-electron chi connectivity index (χ4n) is 2.43. The number of benzene rings is 1. The molecule has 0 amide bonds. The van der Waals surface area contributed by atoms with E-state index in [-0.39, 0.29) is 6.29 Å². The summed E-state index contributed by atoms with van der Waals surface area (Å²) in [6.45, 7) is 6.27. The molecule has 1 heterocycles. The van der Waals surface area contributed by atoms with Crippen LogP contribution < -0.4 is 0 Å². The normalized spacial score (nSPS) is 18.1. The van der Waals surface area contributed by atoms with Crippen LogP contribution in [0.4, 0.5) is 0 Å². The summed E-state index contributed by atoms with van der Waals surface area (Å²) in [6, 6.07) is 10.7. The second kappa shape index (κ2) is 7.60. The number of hydrogen-bond acceptors (Lipinski definition) is 4. The summed E-state index contributed by atoms with van der Waals surface area (Å²) < 4.78 is 10.5. The van der Waals surface area contributed by atoms with Crippen molar-refractivity contribution in [3.05, 3.63) is 35.9 Å². The first-order valence-electron chi connectivity index (χ1n) is 6.86. The molecule has 0 atom stereocenters. The first kappa shape index (κ1) is 14.5. The van der Waals surface area contributed by atoms with Crippen LogP contribution in [0.25, 0.3) is 0 Å². The van der Waals surface area contributed by atoms with E-state index >= 15 is 0 Å². The highest BCUT2D eigenvalue weighted by Crippen LogP contribution is 2.09. The summed E-state index contributed by atoms with van der Waals surface area (Å²) in [4.78, 5) is 4.90. The molecule has 0 aliphatic carbocycles. The second-order valence-electron chi connectivity index (χ2n) is 4.96. The maximum absolute atomic E-state index is 5.25. The molecule has 1 aromatic rings. The van der Waals surface area contributed by atoms with Crippen molar-refractivity contribution in [3.63, 3.8) is 0 Å². The number of ether oxygens (including phenoxy) is 2. The molecular weight excluding hydrogens is 240 g/mol. The van der Waals surface area contributed by atoms with Crippen LogP contribution in [0.2, 0.25) is 0 Å². The zero-order valence-corrected chi connectivity index (χ0v) is 11.9. The van der Waals surface area contributed by atoms with Crippen LogP contribution in [0.15, 0.2) is 30.3 Å². The summed E-state index contributed by atoms with van der Waals surface area (Å²) in [7, 11) is 3.39. The van der Waals surface area contributed by atoms with Gasteiger partial charge in [0.1, 0.15) is 0 Å². The minimum absolute atomic E-state index is 0.110. The largest absolute Gasteiger partial charge is 0.355 e. The van der Waals surface area contributed by atoms with E-state index < -0.39 is 0 Å². The summed E-state index contributed by atoms with van der Waals surface area (Å²) in [5.74, 6) is 0. The lowest BCUT2D eigenvalue weighted by Crippen LogP contribution is -2.48. The van der Waals surface area contributed by atoms with Crippen LogP contribution in [0, 0.1) is 0 Å². The third-order valence-corrected chi connectivity index (χ3v) is 3.65. The third kappa shape index (κ3) is 4.58. The van der Waals surface area contributed by atoms with E-state index in [9.17, 15) is 0 Å². The smallest absolute Gasteiger partial charge is 0.169 e. The fraction of sp³-hybridized carbons (Fsp3) is 0.600. The van der Waals surface area contributed by atoms with Crippen molar-refractivity contribution in [2.24, 2.45) is 0 Å². The average Bonchev–Trinajstić information content (AvgIpc) is 2.47. The zero-order chi connectivity index (χ0) is 13.5. The van der Waals surface area contributed by atoms with Gasteiger partial charge in [-0.1, -0.05) is 30.3 Å². The molecule has 0 bridgehead atoms. The Hall–Kier alpha value is -0.940. The molecule has 0 N–H and O–H groups in total. The molecule has 0 aromatic heterocycles. The summed E-state index contributed by atoms with van der Waals surface area (Å²) in [5.41, 5.74) is 1.39. The molecule has 1 aromatic carbocycles. The highest BCUT2D eigenvalue weighted by atomic mass is 16.7. The first-order chi connectivity index (χ1) is 9.31. The lowest BCUT2D eigenvalue weighted by Gasteiger charge is -2.35. The van der Waals surface area contributed by atoms with Gasteiger partial charge < -0.3 is 9.47 Å². The van der Waals surface area contributed by atoms with Crippen LogP contribution >= 0.6 is 0 Å². The lowest BCUT2D eigenvalue weighted by atomic mass is 10.2. The van der Waals surface area contributed by atoms with Crippen molar-refractivity contribution in [2.75, 3.05) is 46.9 Å². The molecule has 1 saturated heterocycles. The maximum atomic E-state index is 5.25. The van der Waals surface area contributed by atoms with E-state index in [2.05, 4.69) is 40.1 Å². The van der Waals surface area contributed by atoms with E-state index in [0.717, 1.165) is 39.3 Å². The van der Waals surface area contributed by atoms with Crippen molar-refractivity contribution >= 4 is 0 Å². The molecule has 1 fully saturated rings. The molecule has 0 spiro atoms. The topological polar surface area (TPSA) is 24.9 Å². The van der Waals surface area contributed by atoms with Crippen molar-refractivity contribution < 1.29 is 9.47 Å². The van der Waals surface area contributed by atoms with Crippen molar-refractivity contribution in [2.45, 2.75) is 12.8 Å². The molecule has 2 rings (SSSR count). The van der Waals surface area contributed by atoms with Crippen molar-refractivity contribution in [3.8, 4) is 0 Å². The molecule has 0 radical (unpaired) electrons. The quantitative estimate of drug-likeness (QED) is 0.726. The Morgan fingerprint density at radius 2 is 1.53 bits per heavy atom. The van der Waals surface area contributed by atoms with Crippen LogP contribution in [0.1, 0.15) is 5.56 Å². The SMILES string of the molecule is COC(CN1CCN(Cc2ccccc2)CC1)OC. The van der Waals surface area contributed by atoms with Gasteiger partial charge >= 0.3 is 0 Å². The molecule has 4 nitrogen and oxygen atoms in total. The van der Waals surface area contributed by atoms with Gasteiger partial charge in [-0.25, -0.2) is 0 Å². The Kier molecular flexibility index (Phi) is 5.79. The van der Waals surface area contributed by atoms with Gasteiger partial charge in [-0.05, 0) is 5.56 Å². The molecule has 0 unspecified atom stereocenters. The van der Waals surface area contributed by atoms with Crippen LogP contribution in [-0.2, 0) is 16.0 Å². The van der Waals surface area contributed by atoms with E-state index in [0.29, 0.717) is 0 Å². The summed E-state index contributed by atoms with van der Waals surface area (Å²) >= 11 is 0. The number of methoxy groups -OCH3 is 2. The van der Waals surface area contributed by atoms with Crippen LogP contribution in [0.5, 0.6) is 0 Å². The Bertz CT molecular complexity index is 346. The Morgan fingerprint density at radius 3 is 2.11 bits per heavy atom. The minimum atomic E-state index is -0.110. The molecule has 0 saturated carbocycles. The van der Waals surface area contributed by atoms with Gasteiger partial charge in [0.2, 0.25) is 0 Å². The van der Waals surface area contributed by atoms with Crippen molar-refractivity contribution in [1.82, 2.24) is 9.80 Å². The van der Waals surface area contributed by atoms with Crippen LogP contribution in [-0.4, -0.2) is 63.0 Å². The number of nitrogens with zero attached hydrogens (tertiary/aromatic N) is 2. The predicted octanol–water partition coefficient (Wildman–Crippen LogP) is 1.42.